The number of imidazole rings is 1. The highest BCUT2D eigenvalue weighted by atomic mass is 32.3. The van der Waals surface area contributed by atoms with Gasteiger partial charge >= 0.3 is 17.0 Å². The molecule has 1 aromatic heterocycles. The molecule has 146 valence electrons. The van der Waals surface area contributed by atoms with Crippen LogP contribution in [-0.2, 0) is 31.4 Å². The summed E-state index contributed by atoms with van der Waals surface area (Å²) in [6.45, 7) is 1.85. The van der Waals surface area contributed by atoms with Crippen molar-refractivity contribution in [2.45, 2.75) is 24.5 Å². The van der Waals surface area contributed by atoms with E-state index in [2.05, 4.69) is 4.98 Å². The van der Waals surface area contributed by atoms with Gasteiger partial charge in [0.2, 0.25) is 0 Å². The van der Waals surface area contributed by atoms with Crippen LogP contribution in [0.3, 0.4) is 0 Å². The molecule has 0 amide bonds. The molecule has 1 heterocycles. The van der Waals surface area contributed by atoms with Gasteiger partial charge in [-0.1, -0.05) is 0 Å². The summed E-state index contributed by atoms with van der Waals surface area (Å²) < 4.78 is 111. The minimum Gasteiger partial charge on any atom is -0.478 e. The quantitative estimate of drug-likeness (QED) is 0.543. The van der Waals surface area contributed by atoms with Gasteiger partial charge < -0.3 is 9.23 Å². The van der Waals surface area contributed by atoms with E-state index in [0.717, 1.165) is 9.95 Å². The molecule has 0 spiro atoms. The fraction of sp³-hybridized carbons (Fsp3) is 0.500. The van der Waals surface area contributed by atoms with Crippen molar-refractivity contribution >= 4 is 26.0 Å². The highest BCUT2D eigenvalue weighted by Crippen LogP contribution is 2.36. The third-order valence-electron chi connectivity index (χ3n) is 2.06. The molecule has 1 aromatic rings. The molecule has 0 bridgehead atoms. The largest absolute Gasteiger partial charge is 0.480 e. The van der Waals surface area contributed by atoms with E-state index in [1.165, 1.54) is 0 Å². The highest BCUT2D eigenvalue weighted by Gasteiger charge is 2.46. The Morgan fingerprint density at radius 1 is 1.12 bits per heavy atom. The molecule has 25 heavy (non-hydrogen) atoms. The Balaban J connectivity index is 0.000000496. The zero-order valence-electron chi connectivity index (χ0n) is 11.8. The van der Waals surface area contributed by atoms with Gasteiger partial charge in [-0.2, -0.15) is 26.3 Å². The molecular formula is C8H9F6N3O6S2. The second kappa shape index (κ2) is 7.56. The normalized spacial score (nSPS) is 13.1. The van der Waals surface area contributed by atoms with Gasteiger partial charge in [0, 0.05) is 6.92 Å². The zero-order chi connectivity index (χ0) is 20.3. The van der Waals surface area contributed by atoms with Crippen molar-refractivity contribution in [1.29, 1.82) is 0 Å². The molecule has 0 aromatic carbocycles. The van der Waals surface area contributed by atoms with Gasteiger partial charge in [-0.3, -0.25) is 0 Å². The molecule has 0 atom stereocenters. The van der Waals surface area contributed by atoms with Crippen molar-refractivity contribution in [1.82, 2.24) is 4.98 Å². The average Bonchev–Trinajstić information content (AvgIpc) is 2.70. The van der Waals surface area contributed by atoms with Crippen molar-refractivity contribution in [2.24, 2.45) is 0 Å². The molecule has 0 fully saturated rings. The summed E-state index contributed by atoms with van der Waals surface area (Å²) in [6, 6.07) is 0. The molecule has 0 aliphatic heterocycles. The van der Waals surface area contributed by atoms with Crippen LogP contribution in [0, 0.1) is 6.92 Å². The Bertz CT molecular complexity index is 768. The van der Waals surface area contributed by atoms with E-state index < -0.39 is 37.0 Å². The Morgan fingerprint density at radius 3 is 1.76 bits per heavy atom. The number of carboxylic acid groups (broad SMARTS) is 1. The number of aliphatic carboxylic acids is 1. The summed E-state index contributed by atoms with van der Waals surface area (Å²) in [4.78, 5) is 13.1. The van der Waals surface area contributed by atoms with Crippen LogP contribution < -0.4 is 4.57 Å². The van der Waals surface area contributed by atoms with E-state index in [-0.39, 0.29) is 6.54 Å². The Labute approximate surface area is 136 Å². The van der Waals surface area contributed by atoms with Crippen molar-refractivity contribution in [3.05, 3.63) is 22.3 Å². The predicted molar refractivity (Wildman–Crippen MR) is 66.7 cm³/mol. The first kappa shape index (κ1) is 23.1. The van der Waals surface area contributed by atoms with Gasteiger partial charge in [-0.25, -0.2) is 31.2 Å². The molecule has 0 saturated heterocycles. The number of sulfonamides is 2. The molecule has 1 rings (SSSR count). The number of carbonyl (C=O) groups is 1. The first-order chi connectivity index (χ1) is 10.9. The Hall–Kier alpha value is -1.88. The number of nitrogens with zero attached hydrogens (tertiary/aromatic N) is 2. The van der Waals surface area contributed by atoms with Gasteiger partial charge in [-0.05, 0) is 0 Å². The fourth-order valence-corrected chi connectivity index (χ4v) is 2.68. The third-order valence-corrected chi connectivity index (χ3v) is 4.80. The van der Waals surface area contributed by atoms with Crippen LogP contribution in [0.1, 0.15) is 5.82 Å². The number of hydrogen-bond acceptors (Lipinski definition) is 5. The first-order valence-electron chi connectivity index (χ1n) is 5.53. The lowest BCUT2D eigenvalue weighted by Crippen LogP contribution is -2.38. The number of nitrogens with one attached hydrogen (secondary N) is 1. The second-order valence-electron chi connectivity index (χ2n) is 3.98. The molecule has 2 N–H and O–H groups in total. The minimum atomic E-state index is -6.72. The third kappa shape index (κ3) is 6.86. The summed E-state index contributed by atoms with van der Waals surface area (Å²) in [6.07, 6.45) is 3.40. The van der Waals surface area contributed by atoms with Crippen molar-refractivity contribution < 1.29 is 57.6 Å². The number of carboxylic acids is 1. The number of aromatic amines is 1. The van der Waals surface area contributed by atoms with Gasteiger partial charge in [0.1, 0.15) is 12.4 Å². The van der Waals surface area contributed by atoms with Crippen LogP contribution in [0.15, 0.2) is 12.4 Å². The molecule has 0 aliphatic rings. The maximum Gasteiger partial charge on any atom is 0.480 e. The molecule has 0 aliphatic carbocycles. The number of aromatic nitrogens is 2. The Kier molecular flexibility index (Phi) is 6.99. The lowest BCUT2D eigenvalue weighted by Gasteiger charge is -2.22. The number of hydrogen-bond donors (Lipinski definition) is 2. The molecule has 0 unspecified atom stereocenters. The summed E-state index contributed by atoms with van der Waals surface area (Å²) >= 11 is 0. The van der Waals surface area contributed by atoms with E-state index in [0.29, 0.717) is 0 Å². The maximum absolute atomic E-state index is 11.4. The van der Waals surface area contributed by atoms with E-state index in [1.807, 2.05) is 6.92 Å². The number of H-pyrrole nitrogens is 1. The SMILES string of the molecule is Cc1[nH]cc[n+]1CC(=O)O.O=S(=O)([N-]S(=O)(=O)C(F)(F)F)C(F)(F)F. The molecule has 9 nitrogen and oxygen atoms in total. The van der Waals surface area contributed by atoms with Crippen LogP contribution in [0.25, 0.3) is 4.13 Å². The van der Waals surface area contributed by atoms with E-state index in [9.17, 15) is 48.0 Å². The number of aryl methyl sites for hydroxylation is 1. The van der Waals surface area contributed by atoms with E-state index in [4.69, 9.17) is 5.11 Å². The lowest BCUT2D eigenvalue weighted by molar-refractivity contribution is -0.690. The van der Waals surface area contributed by atoms with Gasteiger partial charge in [0.25, 0.3) is 5.82 Å². The smallest absolute Gasteiger partial charge is 0.478 e. The second-order valence-corrected chi connectivity index (χ2v) is 7.41. The van der Waals surface area contributed by atoms with Gasteiger partial charge in [0.15, 0.2) is 26.6 Å². The number of rotatable bonds is 4. The Morgan fingerprint density at radius 2 is 1.52 bits per heavy atom. The molecular weight excluding hydrogens is 412 g/mol. The molecule has 0 radical (unpaired) electrons. The number of halogens is 6. The monoisotopic (exact) mass is 421 g/mol. The summed E-state index contributed by atoms with van der Waals surface area (Å²) in [7, 11) is -13.4. The molecule has 17 heteroatoms. The van der Waals surface area contributed by atoms with Crippen LogP contribution in [0.4, 0.5) is 26.3 Å². The van der Waals surface area contributed by atoms with Crippen LogP contribution in [0.2, 0.25) is 0 Å². The van der Waals surface area contributed by atoms with E-state index >= 15 is 0 Å². The minimum absolute atomic E-state index is 0.0231. The summed E-state index contributed by atoms with van der Waals surface area (Å²) in [5.41, 5.74) is -12.4. The van der Waals surface area contributed by atoms with Gasteiger partial charge in [-0.15, -0.1) is 0 Å². The van der Waals surface area contributed by atoms with Gasteiger partial charge in [0.05, 0.1) is 0 Å². The first-order valence-corrected chi connectivity index (χ1v) is 8.41. The standard InChI is InChI=1S/C6H8N2O2.C2F6NO4S2/c1-5-7-2-3-8(5)4-6(9)10;3-1(4,5)14(10,11)9-15(12,13)2(6,7)8/h2-3H,4H2,1H3,(H,9,10);/q;-1/p+1. The van der Waals surface area contributed by atoms with Crippen LogP contribution in [0.5, 0.6) is 0 Å². The van der Waals surface area contributed by atoms with E-state index in [1.54, 1.807) is 17.0 Å². The zero-order valence-corrected chi connectivity index (χ0v) is 13.5. The van der Waals surface area contributed by atoms with Crippen LogP contribution in [-0.4, -0.2) is 43.9 Å². The van der Waals surface area contributed by atoms with Crippen LogP contribution >= 0.6 is 0 Å². The maximum atomic E-state index is 11.4. The van der Waals surface area contributed by atoms with Crippen molar-refractivity contribution in [3.8, 4) is 0 Å². The predicted octanol–water partition coefficient (Wildman–Crippen LogP) is 0.755. The number of alkyl halides is 6. The fourth-order valence-electron chi connectivity index (χ4n) is 0.973. The summed E-state index contributed by atoms with van der Waals surface area (Å²) in [5.74, 6) is 0.0232. The average molecular weight is 421 g/mol. The summed E-state index contributed by atoms with van der Waals surface area (Å²) in [5, 5.41) is 8.38. The van der Waals surface area contributed by atoms with Crippen molar-refractivity contribution in [2.75, 3.05) is 0 Å². The highest BCUT2D eigenvalue weighted by molar-refractivity contribution is 8.13. The topological polar surface area (TPSA) is 139 Å². The lowest BCUT2D eigenvalue weighted by atomic mass is 10.6. The molecule has 0 saturated carbocycles. The van der Waals surface area contributed by atoms with Crippen molar-refractivity contribution in [3.63, 3.8) is 0 Å².